The number of thiophene rings is 1. The Labute approximate surface area is 123 Å². The predicted octanol–water partition coefficient (Wildman–Crippen LogP) is 4.03. The Morgan fingerprint density at radius 2 is 2.45 bits per heavy atom. The number of nitrogens with zero attached hydrogens (tertiary/aromatic N) is 1. The van der Waals surface area contributed by atoms with E-state index < -0.39 is 0 Å². The van der Waals surface area contributed by atoms with Gasteiger partial charge in [-0.3, -0.25) is 4.98 Å². The van der Waals surface area contributed by atoms with Crippen molar-refractivity contribution in [2.75, 3.05) is 13.2 Å². The second-order valence-electron chi connectivity index (χ2n) is 5.13. The zero-order chi connectivity index (χ0) is 13.8. The number of pyridine rings is 1. The van der Waals surface area contributed by atoms with Crippen LogP contribution in [0.5, 0.6) is 0 Å². The maximum Gasteiger partial charge on any atom is 0.0876 e. The molecule has 0 aliphatic carbocycles. The van der Waals surface area contributed by atoms with Crippen molar-refractivity contribution >= 4 is 21.6 Å². The van der Waals surface area contributed by atoms with Gasteiger partial charge in [0.1, 0.15) is 0 Å². The molecule has 2 aromatic rings. The van der Waals surface area contributed by atoms with Gasteiger partial charge in [-0.2, -0.15) is 0 Å². The first-order valence-corrected chi connectivity index (χ1v) is 8.13. The first kappa shape index (κ1) is 13.6. The van der Waals surface area contributed by atoms with Gasteiger partial charge < -0.3 is 10.1 Å². The van der Waals surface area contributed by atoms with Crippen LogP contribution in [0.4, 0.5) is 0 Å². The lowest BCUT2D eigenvalue weighted by Crippen LogP contribution is -2.25. The number of hydrogen-bond donors (Lipinski definition) is 1. The van der Waals surface area contributed by atoms with E-state index in [4.69, 9.17) is 4.74 Å². The first-order chi connectivity index (χ1) is 9.88. The van der Waals surface area contributed by atoms with Crippen molar-refractivity contribution in [2.24, 2.45) is 0 Å². The smallest absolute Gasteiger partial charge is 0.0876 e. The summed E-state index contributed by atoms with van der Waals surface area (Å²) in [5, 5.41) is 5.72. The van der Waals surface area contributed by atoms with Crippen LogP contribution in [0.2, 0.25) is 0 Å². The number of hydrogen-bond acceptors (Lipinski definition) is 4. The third-order valence-corrected chi connectivity index (χ3v) is 4.44. The minimum atomic E-state index is 0.231. The average Bonchev–Trinajstić information content (AvgIpc) is 2.96. The molecule has 3 nitrogen and oxygen atoms in total. The van der Waals surface area contributed by atoms with Crippen molar-refractivity contribution in [1.29, 1.82) is 0 Å². The van der Waals surface area contributed by atoms with Crippen LogP contribution in [0.3, 0.4) is 0 Å². The number of ether oxygens (including phenoxy) is 1. The molecule has 1 unspecified atom stereocenters. The monoisotopic (exact) mass is 288 g/mol. The summed E-state index contributed by atoms with van der Waals surface area (Å²) in [6.07, 6.45) is 7.27. The highest BCUT2D eigenvalue weighted by Crippen LogP contribution is 2.30. The molecular formula is C16H20N2OS. The minimum absolute atomic E-state index is 0.231. The maximum absolute atomic E-state index is 5.52. The van der Waals surface area contributed by atoms with Crippen LogP contribution in [0.15, 0.2) is 35.5 Å². The van der Waals surface area contributed by atoms with E-state index in [2.05, 4.69) is 34.7 Å². The van der Waals surface area contributed by atoms with Crippen LogP contribution in [0, 0.1) is 0 Å². The molecule has 3 rings (SSSR count). The van der Waals surface area contributed by atoms with E-state index in [0.717, 1.165) is 37.9 Å². The largest absolute Gasteiger partial charge is 0.501 e. The summed E-state index contributed by atoms with van der Waals surface area (Å²) in [5.41, 5.74) is 3.66. The van der Waals surface area contributed by atoms with E-state index in [1.165, 1.54) is 15.8 Å². The lowest BCUT2D eigenvalue weighted by molar-refractivity contribution is 0.219. The van der Waals surface area contributed by atoms with Crippen molar-refractivity contribution in [1.82, 2.24) is 10.3 Å². The molecule has 1 N–H and O–H groups in total. The predicted molar refractivity (Wildman–Crippen MR) is 83.9 cm³/mol. The Morgan fingerprint density at radius 3 is 3.25 bits per heavy atom. The third kappa shape index (κ3) is 2.86. The molecule has 106 valence electrons. The van der Waals surface area contributed by atoms with E-state index in [1.807, 2.05) is 12.5 Å². The van der Waals surface area contributed by atoms with Crippen molar-refractivity contribution in [2.45, 2.75) is 32.2 Å². The van der Waals surface area contributed by atoms with Crippen molar-refractivity contribution in [3.05, 3.63) is 41.1 Å². The van der Waals surface area contributed by atoms with E-state index in [9.17, 15) is 0 Å². The summed E-state index contributed by atoms with van der Waals surface area (Å²) in [4.78, 5) is 4.57. The molecule has 0 bridgehead atoms. The summed E-state index contributed by atoms with van der Waals surface area (Å²) in [7, 11) is 0. The van der Waals surface area contributed by atoms with E-state index >= 15 is 0 Å². The second-order valence-corrected chi connectivity index (χ2v) is 6.07. The molecule has 0 saturated heterocycles. The van der Waals surface area contributed by atoms with E-state index in [-0.39, 0.29) is 6.04 Å². The quantitative estimate of drug-likeness (QED) is 0.902. The Morgan fingerprint density at radius 1 is 1.50 bits per heavy atom. The molecule has 1 atom stereocenters. The van der Waals surface area contributed by atoms with Crippen LogP contribution in [-0.2, 0) is 4.74 Å². The van der Waals surface area contributed by atoms with Crippen molar-refractivity contribution in [3.63, 3.8) is 0 Å². The Balaban J connectivity index is 1.92. The Kier molecular flexibility index (Phi) is 4.33. The molecule has 20 heavy (non-hydrogen) atoms. The summed E-state index contributed by atoms with van der Waals surface area (Å²) in [5.74, 6) is 0. The van der Waals surface area contributed by atoms with Crippen LogP contribution in [0.25, 0.3) is 10.2 Å². The Hall–Kier alpha value is -1.39. The van der Waals surface area contributed by atoms with Gasteiger partial charge in [0.05, 0.1) is 29.1 Å². The van der Waals surface area contributed by atoms with Gasteiger partial charge >= 0.3 is 0 Å². The molecule has 0 amide bonds. The average molecular weight is 288 g/mol. The molecule has 2 aromatic heterocycles. The molecule has 0 fully saturated rings. The Bertz CT molecular complexity index is 605. The van der Waals surface area contributed by atoms with E-state index in [1.54, 1.807) is 11.3 Å². The molecule has 1 aliphatic heterocycles. The van der Waals surface area contributed by atoms with Gasteiger partial charge in [-0.15, -0.1) is 11.3 Å². The van der Waals surface area contributed by atoms with Crippen molar-refractivity contribution < 1.29 is 4.74 Å². The SMILES string of the molecule is CCCNC(C1=COCCC1)c1cnc2ccsc2c1. The molecule has 3 heterocycles. The standard InChI is InChI=1S/C16H20N2OS/c1-2-6-17-16(12-4-3-7-19-11-12)13-9-15-14(18-10-13)5-8-20-15/h5,8-11,16-17H,2-4,6-7H2,1H3. The van der Waals surface area contributed by atoms with Gasteiger partial charge in [-0.1, -0.05) is 6.92 Å². The van der Waals surface area contributed by atoms with Gasteiger partial charge in [-0.25, -0.2) is 0 Å². The summed E-state index contributed by atoms with van der Waals surface area (Å²) < 4.78 is 6.77. The number of rotatable bonds is 5. The zero-order valence-corrected chi connectivity index (χ0v) is 12.6. The molecule has 0 saturated carbocycles. The van der Waals surface area contributed by atoms with Crippen LogP contribution < -0.4 is 5.32 Å². The van der Waals surface area contributed by atoms with Crippen LogP contribution in [-0.4, -0.2) is 18.1 Å². The summed E-state index contributed by atoms with van der Waals surface area (Å²) in [6.45, 7) is 4.03. The molecule has 0 spiro atoms. The maximum atomic E-state index is 5.52. The molecule has 4 heteroatoms. The van der Waals surface area contributed by atoms with Gasteiger partial charge in [0.25, 0.3) is 0 Å². The highest BCUT2D eigenvalue weighted by atomic mass is 32.1. The molecule has 1 aliphatic rings. The fraction of sp³-hybridized carbons (Fsp3) is 0.438. The van der Waals surface area contributed by atoms with Crippen LogP contribution in [0.1, 0.15) is 37.8 Å². The summed E-state index contributed by atoms with van der Waals surface area (Å²) in [6, 6.07) is 4.56. The topological polar surface area (TPSA) is 34.1 Å². The number of aromatic nitrogens is 1. The lowest BCUT2D eigenvalue weighted by Gasteiger charge is -2.24. The van der Waals surface area contributed by atoms with Gasteiger partial charge in [0, 0.05) is 6.20 Å². The number of nitrogens with one attached hydrogen (secondary N) is 1. The zero-order valence-electron chi connectivity index (χ0n) is 11.8. The highest BCUT2D eigenvalue weighted by molar-refractivity contribution is 7.17. The van der Waals surface area contributed by atoms with E-state index in [0.29, 0.717) is 0 Å². The van der Waals surface area contributed by atoms with Gasteiger partial charge in [-0.05, 0) is 54.5 Å². The fourth-order valence-corrected chi connectivity index (χ4v) is 3.36. The highest BCUT2D eigenvalue weighted by Gasteiger charge is 2.19. The minimum Gasteiger partial charge on any atom is -0.501 e. The third-order valence-electron chi connectivity index (χ3n) is 3.59. The lowest BCUT2D eigenvalue weighted by atomic mass is 9.96. The fourth-order valence-electron chi connectivity index (χ4n) is 2.57. The van der Waals surface area contributed by atoms with Crippen LogP contribution >= 0.6 is 11.3 Å². The normalized spacial score (nSPS) is 16.8. The number of fused-ring (bicyclic) bond motifs is 1. The van der Waals surface area contributed by atoms with Crippen molar-refractivity contribution in [3.8, 4) is 0 Å². The first-order valence-electron chi connectivity index (χ1n) is 7.25. The summed E-state index contributed by atoms with van der Waals surface area (Å²) >= 11 is 1.75. The molecular weight excluding hydrogens is 268 g/mol. The van der Waals surface area contributed by atoms with Gasteiger partial charge in [0.15, 0.2) is 0 Å². The second kappa shape index (κ2) is 6.37. The molecule has 0 radical (unpaired) electrons. The van der Waals surface area contributed by atoms with Gasteiger partial charge in [0.2, 0.25) is 0 Å². The molecule has 0 aromatic carbocycles.